The summed E-state index contributed by atoms with van der Waals surface area (Å²) in [6, 6.07) is 0. The van der Waals surface area contributed by atoms with Gasteiger partial charge in [0.1, 0.15) is 0 Å². The summed E-state index contributed by atoms with van der Waals surface area (Å²) in [7, 11) is -10.8. The first-order valence-corrected chi connectivity index (χ1v) is 8.16. The Labute approximate surface area is 215 Å². The summed E-state index contributed by atoms with van der Waals surface area (Å²) in [6.07, 6.45) is 0. The van der Waals surface area contributed by atoms with Gasteiger partial charge in [-0.05, 0) is 0 Å². The van der Waals surface area contributed by atoms with Crippen molar-refractivity contribution in [2.24, 2.45) is 0 Å². The van der Waals surface area contributed by atoms with Crippen molar-refractivity contribution in [3.8, 4) is 0 Å². The van der Waals surface area contributed by atoms with Gasteiger partial charge in [0.05, 0.1) is 0 Å². The molecule has 0 aromatic heterocycles. The molecule has 19 heteroatoms. The van der Waals surface area contributed by atoms with E-state index < -0.39 is 36.7 Å². The predicted molar refractivity (Wildman–Crippen MR) is 57.0 cm³/mol. The van der Waals surface area contributed by atoms with Crippen molar-refractivity contribution >= 4 is 150 Å². The monoisotopic (exact) mass is 454 g/mol. The first-order chi connectivity index (χ1) is 8.00. The van der Waals surface area contributed by atoms with Crippen LogP contribution in [-0.2, 0) is 26.7 Å². The third-order valence-corrected chi connectivity index (χ3v) is 1.00. The first-order valence-electron chi connectivity index (χ1n) is 3.27. The van der Waals surface area contributed by atoms with Gasteiger partial charge in [-0.3, -0.25) is 0 Å². The third kappa shape index (κ3) is 234. The number of rotatable bonds is 2. The Hall–Kier alpha value is 2.25. The minimum atomic E-state index is -3.63. The molecule has 0 saturated carbocycles. The van der Waals surface area contributed by atoms with Crippen LogP contribution in [0.3, 0.4) is 0 Å². The molecule has 12 nitrogen and oxygen atoms in total. The van der Waals surface area contributed by atoms with E-state index in [0.29, 0.717) is 0 Å². The van der Waals surface area contributed by atoms with Crippen LogP contribution < -0.4 is 28.8 Å². The van der Waals surface area contributed by atoms with E-state index in [2.05, 4.69) is 8.85 Å². The summed E-state index contributed by atoms with van der Waals surface area (Å²) >= 11 is 0. The van der Waals surface area contributed by atoms with Crippen molar-refractivity contribution in [2.75, 3.05) is 14.2 Å². The van der Waals surface area contributed by atoms with E-state index in [9.17, 15) is 18.5 Å². The molecule has 0 aromatic carbocycles. The molecule has 0 bridgehead atoms. The average molecular weight is 455 g/mol. The Balaban J connectivity index is -0.0000000239. The van der Waals surface area contributed by atoms with Gasteiger partial charge in [0, 0.05) is 32.6 Å². The van der Waals surface area contributed by atoms with E-state index in [-0.39, 0.29) is 113 Å². The second-order valence-electron chi connectivity index (χ2n) is 1.41. The zero-order valence-electron chi connectivity index (χ0n) is 11.0. The first kappa shape index (κ1) is 43.6. The normalized spacial score (nSPS) is 5.43. The second-order valence-corrected chi connectivity index (χ2v) is 4.22. The van der Waals surface area contributed by atoms with Crippen LogP contribution in [0.2, 0.25) is 0 Å². The number of hydrogen-bond donors (Lipinski definition) is 0. The Bertz CT molecular complexity index is 229. The Morgan fingerprint density at radius 1 is 0.571 bits per heavy atom. The fraction of sp³-hybridized carbons (Fsp3) is 1.00. The fourth-order valence-electron chi connectivity index (χ4n) is 0. The molecule has 0 aromatic rings. The van der Waals surface area contributed by atoms with Gasteiger partial charge in [-0.25, -0.2) is 0 Å². The van der Waals surface area contributed by atoms with E-state index in [1.54, 1.807) is 0 Å². The van der Waals surface area contributed by atoms with Gasteiger partial charge < -0.3 is 55.5 Å². The summed E-state index contributed by atoms with van der Waals surface area (Å²) in [4.78, 5) is 52.5. The molecule has 0 amide bonds. The van der Waals surface area contributed by atoms with E-state index >= 15 is 0 Å². The molecule has 108 valence electrons. The molecule has 0 N–H and O–H groups in total. The molecule has 21 heavy (non-hydrogen) atoms. The second kappa shape index (κ2) is 38.0. The van der Waals surface area contributed by atoms with Gasteiger partial charge in [-0.15, -0.1) is 0 Å². The van der Waals surface area contributed by atoms with E-state index in [1.165, 1.54) is 0 Å². The van der Waals surface area contributed by atoms with Crippen molar-refractivity contribution in [3.63, 3.8) is 0 Å². The third-order valence-electron chi connectivity index (χ3n) is 0.333. The predicted octanol–water partition coefficient (Wildman–Crippen LogP) is -10.1. The van der Waals surface area contributed by atoms with Crippen molar-refractivity contribution in [2.45, 2.75) is 0 Å². The molecule has 0 rings (SSSR count). The minimum absolute atomic E-state index is 0. The zero-order valence-corrected chi connectivity index (χ0v) is 21.6. The van der Waals surface area contributed by atoms with Gasteiger partial charge >= 0.3 is 132 Å². The van der Waals surface area contributed by atoms with Crippen molar-refractivity contribution < 1.29 is 55.5 Å². The SMILES string of the molecule is CO[Si](=O)[O-].CO[Si](=O)[O-].O=[Si]([O-])[O-].O=[Si]([O-])[O-].[Ca+2].[Ca+2].[Ca+2]. The maximum Gasteiger partial charge on any atom is 2.00 e. The smallest absolute Gasteiger partial charge is 0.672 e. The van der Waals surface area contributed by atoms with Crippen LogP contribution in [0.25, 0.3) is 0 Å². The van der Waals surface area contributed by atoms with Crippen LogP contribution in [0.15, 0.2) is 0 Å². The molecular weight excluding hydrogens is 449 g/mol. The van der Waals surface area contributed by atoms with Crippen LogP contribution in [0, 0.1) is 0 Å². The van der Waals surface area contributed by atoms with Crippen molar-refractivity contribution in [3.05, 3.63) is 0 Å². The Kier molecular flexibility index (Phi) is 79.0. The summed E-state index contributed by atoms with van der Waals surface area (Å²) in [5.74, 6) is 0. The summed E-state index contributed by atoms with van der Waals surface area (Å²) in [6.45, 7) is 0. The molecule has 0 unspecified atom stereocenters. The largest absolute Gasteiger partial charge is 2.00 e. The Morgan fingerprint density at radius 3 is 0.619 bits per heavy atom. The van der Waals surface area contributed by atoms with Gasteiger partial charge in [0.15, 0.2) is 0 Å². The van der Waals surface area contributed by atoms with Crippen LogP contribution >= 0.6 is 0 Å². The topological polar surface area (TPSA) is 225 Å². The molecule has 0 aliphatic carbocycles. The average Bonchev–Trinajstić information content (AvgIpc) is 2.16. The fourth-order valence-corrected chi connectivity index (χ4v) is 0. The van der Waals surface area contributed by atoms with Crippen molar-refractivity contribution in [1.82, 2.24) is 0 Å². The molecule has 0 aliphatic heterocycles. The quantitative estimate of drug-likeness (QED) is 0.354. The molecule has 0 saturated heterocycles. The van der Waals surface area contributed by atoms with E-state index in [1.807, 2.05) is 0 Å². The molecule has 0 radical (unpaired) electrons. The molecule has 0 aliphatic rings. The molecular formula is C2H6Ca3O12Si4. The van der Waals surface area contributed by atoms with Crippen LogP contribution in [0.4, 0.5) is 0 Å². The van der Waals surface area contributed by atoms with Crippen LogP contribution in [-0.4, -0.2) is 164 Å². The zero-order chi connectivity index (χ0) is 15.7. The Morgan fingerprint density at radius 2 is 0.619 bits per heavy atom. The van der Waals surface area contributed by atoms with Crippen LogP contribution in [0.1, 0.15) is 0 Å². The summed E-state index contributed by atoms with van der Waals surface area (Å²) < 4.78 is 43.0. The standard InChI is InChI=1S/2CH3O3Si.3Ca.2O3Si/c2*1-4-5(2)3;;;;2*1-4(2)3/h2*1H3;;;;;/q2*-1;3*+2;2*-2. The van der Waals surface area contributed by atoms with E-state index in [4.69, 9.17) is 28.1 Å². The minimum Gasteiger partial charge on any atom is -0.672 e. The molecule has 0 fully saturated rings. The van der Waals surface area contributed by atoms with Crippen molar-refractivity contribution in [1.29, 1.82) is 0 Å². The summed E-state index contributed by atoms with van der Waals surface area (Å²) in [5.41, 5.74) is 0. The maximum absolute atomic E-state index is 9.22. The molecule has 0 spiro atoms. The molecule has 0 heterocycles. The maximum atomic E-state index is 9.22. The molecule has 0 atom stereocenters. The summed E-state index contributed by atoms with van der Waals surface area (Å²) in [5, 5.41) is 0. The number of hydrogen-bond acceptors (Lipinski definition) is 12. The van der Waals surface area contributed by atoms with Gasteiger partial charge in [0.25, 0.3) is 0 Å². The van der Waals surface area contributed by atoms with Crippen LogP contribution in [0.5, 0.6) is 0 Å². The van der Waals surface area contributed by atoms with Gasteiger partial charge in [-0.1, -0.05) is 0 Å². The van der Waals surface area contributed by atoms with E-state index in [0.717, 1.165) is 14.2 Å². The van der Waals surface area contributed by atoms with Gasteiger partial charge in [-0.2, -0.15) is 0 Å². The van der Waals surface area contributed by atoms with Gasteiger partial charge in [0.2, 0.25) is 0 Å².